The van der Waals surface area contributed by atoms with Gasteiger partial charge in [-0.1, -0.05) is 20.8 Å². The number of carbonyl (C=O) groups is 1. The standard InChI is InChI=1S/C16H25NO4/c1-14(2)9-6-7-15(14,3)12-11(9)17-16(4,21-12)10(8-20-17)13(18)19-5/h9-12H,6-8H2,1-5H3/t9-,10-,11-,12-,15+,16+/m1/s1. The van der Waals surface area contributed by atoms with Gasteiger partial charge < -0.3 is 9.47 Å². The predicted octanol–water partition coefficient (Wildman–Crippen LogP) is 1.96. The highest BCUT2D eigenvalue weighted by Crippen LogP contribution is 2.71. The lowest BCUT2D eigenvalue weighted by Gasteiger charge is -2.40. The molecule has 0 aromatic heterocycles. The second kappa shape index (κ2) is 3.81. The summed E-state index contributed by atoms with van der Waals surface area (Å²) in [4.78, 5) is 18.0. The lowest BCUT2D eigenvalue weighted by atomic mass is 9.70. The van der Waals surface area contributed by atoms with Gasteiger partial charge in [0.1, 0.15) is 5.92 Å². The van der Waals surface area contributed by atoms with Gasteiger partial charge >= 0.3 is 5.97 Å². The van der Waals surface area contributed by atoms with Gasteiger partial charge in [-0.15, -0.1) is 0 Å². The van der Waals surface area contributed by atoms with Crippen LogP contribution in [-0.4, -0.2) is 42.6 Å². The second-order valence-electron chi connectivity index (χ2n) is 8.07. The zero-order chi connectivity index (χ0) is 15.2. The fraction of sp³-hybridized carbons (Fsp3) is 0.938. The van der Waals surface area contributed by atoms with Gasteiger partial charge in [-0.25, -0.2) is 0 Å². The SMILES string of the molecule is COC(=O)[C@H]1CON2[C@@H]3[C@H]4CC[C@@](C)([C@@H]3O[C@@]12C)C4(C)C. The number of hydrogen-bond donors (Lipinski definition) is 0. The first-order valence-corrected chi connectivity index (χ1v) is 7.95. The molecule has 4 aliphatic rings. The van der Waals surface area contributed by atoms with Crippen molar-refractivity contribution < 1.29 is 19.1 Å². The molecule has 2 saturated heterocycles. The quantitative estimate of drug-likeness (QED) is 0.692. The summed E-state index contributed by atoms with van der Waals surface area (Å²) in [5.41, 5.74) is -0.279. The van der Waals surface area contributed by atoms with Gasteiger partial charge in [-0.2, -0.15) is 5.06 Å². The Morgan fingerprint density at radius 1 is 1.29 bits per heavy atom. The molecule has 2 bridgehead atoms. The minimum Gasteiger partial charge on any atom is -0.469 e. The Bertz CT molecular complexity index is 507. The molecule has 2 saturated carbocycles. The number of methoxy groups -OCH3 is 1. The van der Waals surface area contributed by atoms with Crippen LogP contribution in [0, 0.1) is 22.7 Å². The van der Waals surface area contributed by atoms with Crippen LogP contribution in [0.25, 0.3) is 0 Å². The van der Waals surface area contributed by atoms with Crippen LogP contribution in [0.3, 0.4) is 0 Å². The molecule has 0 amide bonds. The number of rotatable bonds is 1. The Kier molecular flexibility index (Phi) is 2.54. The molecule has 118 valence electrons. The van der Waals surface area contributed by atoms with Crippen LogP contribution < -0.4 is 0 Å². The number of hydrogen-bond acceptors (Lipinski definition) is 5. The normalized spacial score (nSPS) is 53.8. The first-order chi connectivity index (χ1) is 9.77. The smallest absolute Gasteiger partial charge is 0.315 e. The highest BCUT2D eigenvalue weighted by atomic mass is 16.8. The minimum absolute atomic E-state index is 0.142. The van der Waals surface area contributed by atoms with Gasteiger partial charge in [0.15, 0.2) is 5.72 Å². The Balaban J connectivity index is 1.73. The number of fused-ring (bicyclic) bond motifs is 7. The monoisotopic (exact) mass is 295 g/mol. The first kappa shape index (κ1) is 14.0. The van der Waals surface area contributed by atoms with Gasteiger partial charge in [-0.05, 0) is 31.1 Å². The number of nitrogens with zero attached hydrogens (tertiary/aromatic N) is 1. The molecule has 4 fully saturated rings. The fourth-order valence-corrected chi connectivity index (χ4v) is 5.54. The van der Waals surface area contributed by atoms with Crippen molar-refractivity contribution >= 4 is 5.97 Å². The highest BCUT2D eigenvalue weighted by molar-refractivity contribution is 5.74. The topological polar surface area (TPSA) is 48.0 Å². The van der Waals surface area contributed by atoms with Crippen LogP contribution in [0.2, 0.25) is 0 Å². The molecule has 21 heavy (non-hydrogen) atoms. The van der Waals surface area contributed by atoms with E-state index in [0.29, 0.717) is 12.5 Å². The second-order valence-corrected chi connectivity index (χ2v) is 8.07. The molecule has 2 aliphatic heterocycles. The third-order valence-corrected chi connectivity index (χ3v) is 7.31. The molecule has 4 rings (SSSR count). The molecule has 6 atom stereocenters. The van der Waals surface area contributed by atoms with Gasteiger partial charge in [0.25, 0.3) is 0 Å². The predicted molar refractivity (Wildman–Crippen MR) is 75.0 cm³/mol. The third-order valence-electron chi connectivity index (χ3n) is 7.31. The zero-order valence-corrected chi connectivity index (χ0v) is 13.5. The summed E-state index contributed by atoms with van der Waals surface area (Å²) in [6, 6.07) is 0.262. The number of ether oxygens (including phenoxy) is 2. The maximum Gasteiger partial charge on any atom is 0.315 e. The van der Waals surface area contributed by atoms with Crippen molar-refractivity contribution in [2.45, 2.75) is 58.4 Å². The van der Waals surface area contributed by atoms with Crippen LogP contribution in [0.5, 0.6) is 0 Å². The molecule has 0 aromatic rings. The van der Waals surface area contributed by atoms with Crippen molar-refractivity contribution in [1.29, 1.82) is 0 Å². The van der Waals surface area contributed by atoms with Crippen LogP contribution in [0.15, 0.2) is 0 Å². The summed E-state index contributed by atoms with van der Waals surface area (Å²) in [7, 11) is 1.43. The molecule has 0 radical (unpaired) electrons. The van der Waals surface area contributed by atoms with E-state index in [1.165, 1.54) is 20.0 Å². The van der Waals surface area contributed by atoms with E-state index >= 15 is 0 Å². The van der Waals surface area contributed by atoms with E-state index in [0.717, 1.165) is 0 Å². The van der Waals surface area contributed by atoms with E-state index in [4.69, 9.17) is 14.3 Å². The fourth-order valence-electron chi connectivity index (χ4n) is 5.54. The molecular weight excluding hydrogens is 270 g/mol. The van der Waals surface area contributed by atoms with Crippen LogP contribution in [0.4, 0.5) is 0 Å². The summed E-state index contributed by atoms with van der Waals surface area (Å²) < 4.78 is 11.4. The molecular formula is C16H25NO4. The maximum atomic E-state index is 12.1. The average molecular weight is 295 g/mol. The van der Waals surface area contributed by atoms with Gasteiger partial charge in [0.2, 0.25) is 0 Å². The Morgan fingerprint density at radius 2 is 2.00 bits per heavy atom. The van der Waals surface area contributed by atoms with Gasteiger partial charge in [-0.3, -0.25) is 9.63 Å². The molecule has 5 heteroatoms. The van der Waals surface area contributed by atoms with E-state index in [-0.39, 0.29) is 34.9 Å². The molecule has 0 aromatic carbocycles. The first-order valence-electron chi connectivity index (χ1n) is 7.95. The minimum atomic E-state index is -0.678. The van der Waals surface area contributed by atoms with Crippen molar-refractivity contribution in [2.24, 2.45) is 22.7 Å². The summed E-state index contributed by atoms with van der Waals surface area (Å²) in [5, 5.41) is 2.00. The summed E-state index contributed by atoms with van der Waals surface area (Å²) in [6.07, 6.45) is 2.55. The number of carbonyl (C=O) groups excluding carboxylic acids is 1. The van der Waals surface area contributed by atoms with Gasteiger partial charge in [0, 0.05) is 5.41 Å². The van der Waals surface area contributed by atoms with Crippen molar-refractivity contribution in [3.63, 3.8) is 0 Å². The maximum absolute atomic E-state index is 12.1. The largest absolute Gasteiger partial charge is 0.469 e. The van der Waals surface area contributed by atoms with Crippen molar-refractivity contribution in [1.82, 2.24) is 5.06 Å². The summed E-state index contributed by atoms with van der Waals surface area (Å²) >= 11 is 0. The zero-order valence-electron chi connectivity index (χ0n) is 13.5. The average Bonchev–Trinajstić information content (AvgIpc) is 3.01. The number of esters is 1. The lowest BCUT2D eigenvalue weighted by molar-refractivity contribution is -0.224. The molecule has 5 nitrogen and oxygen atoms in total. The van der Waals surface area contributed by atoms with Crippen molar-refractivity contribution in [2.75, 3.05) is 13.7 Å². The Morgan fingerprint density at radius 3 is 2.67 bits per heavy atom. The molecule has 0 spiro atoms. The Hall–Kier alpha value is -0.650. The lowest BCUT2D eigenvalue weighted by Crippen LogP contribution is -2.49. The van der Waals surface area contributed by atoms with E-state index < -0.39 is 5.72 Å². The molecule has 2 aliphatic carbocycles. The summed E-state index contributed by atoms with van der Waals surface area (Å²) in [6.45, 7) is 9.40. The van der Waals surface area contributed by atoms with Crippen LogP contribution in [0.1, 0.15) is 40.5 Å². The van der Waals surface area contributed by atoms with Crippen molar-refractivity contribution in [3.8, 4) is 0 Å². The third kappa shape index (κ3) is 1.32. The van der Waals surface area contributed by atoms with Gasteiger partial charge in [0.05, 0.1) is 25.9 Å². The van der Waals surface area contributed by atoms with E-state index in [1.807, 2.05) is 12.0 Å². The molecule has 2 heterocycles. The molecule has 0 unspecified atom stereocenters. The van der Waals surface area contributed by atoms with Crippen LogP contribution >= 0.6 is 0 Å². The molecule has 0 N–H and O–H groups in total. The Labute approximate surface area is 125 Å². The van der Waals surface area contributed by atoms with E-state index in [1.54, 1.807) is 0 Å². The van der Waals surface area contributed by atoms with E-state index in [2.05, 4.69) is 20.8 Å². The summed E-state index contributed by atoms with van der Waals surface area (Å²) in [5.74, 6) is -0.0401. The van der Waals surface area contributed by atoms with Crippen LogP contribution in [-0.2, 0) is 19.1 Å². The highest BCUT2D eigenvalue weighted by Gasteiger charge is 2.76. The van der Waals surface area contributed by atoms with E-state index in [9.17, 15) is 4.79 Å². The van der Waals surface area contributed by atoms with Crippen molar-refractivity contribution in [3.05, 3.63) is 0 Å². The number of hydroxylamine groups is 2.